The Morgan fingerprint density at radius 3 is 2.15 bits per heavy atom. The summed E-state index contributed by atoms with van der Waals surface area (Å²) in [7, 11) is 3.43. The van der Waals surface area contributed by atoms with Gasteiger partial charge in [-0.05, 0) is 23.3 Å². The van der Waals surface area contributed by atoms with Crippen LogP contribution < -0.4 is 11.1 Å². The van der Waals surface area contributed by atoms with Crippen molar-refractivity contribution in [3.05, 3.63) is 71.3 Å². The normalized spacial score (nSPS) is 12.5. The van der Waals surface area contributed by atoms with Gasteiger partial charge in [-0.15, -0.1) is 12.4 Å². The summed E-state index contributed by atoms with van der Waals surface area (Å²) in [5.41, 5.74) is 8.69. The molecule has 2 amide bonds. The molecule has 0 aromatic heterocycles. The number of nitrogens with one attached hydrogen (secondary N) is 1. The summed E-state index contributed by atoms with van der Waals surface area (Å²) in [6.45, 7) is 2.23. The second-order valence-electron chi connectivity index (χ2n) is 6.34. The number of hydrogen-bond acceptors (Lipinski definition) is 3. The number of nitrogens with two attached hydrogens (primary N) is 1. The molecule has 0 fully saturated rings. The van der Waals surface area contributed by atoms with Crippen LogP contribution in [0.2, 0.25) is 0 Å². The van der Waals surface area contributed by atoms with E-state index in [4.69, 9.17) is 5.73 Å². The first kappa shape index (κ1) is 21.7. The highest BCUT2D eigenvalue weighted by Gasteiger charge is 2.21. The number of halogens is 1. The molecule has 0 radical (unpaired) electrons. The van der Waals surface area contributed by atoms with Gasteiger partial charge in [-0.2, -0.15) is 0 Å². The molecular formula is C20H26ClN3O2. The highest BCUT2D eigenvalue weighted by atomic mass is 35.5. The van der Waals surface area contributed by atoms with Gasteiger partial charge in [0.25, 0.3) is 5.91 Å². The van der Waals surface area contributed by atoms with E-state index >= 15 is 0 Å². The first-order chi connectivity index (χ1) is 11.9. The standard InChI is InChI=1S/C20H25N3O2.ClH/c1-14(18(21)16-7-5-4-6-8-16)19(24)22-13-15-9-11-17(12-10-15)20(25)23(2)3;/h4-12,14,18H,13,21H2,1-3H3,(H,22,24);1H. The number of nitrogens with zero attached hydrogens (tertiary/aromatic N) is 1. The molecule has 0 bridgehead atoms. The van der Waals surface area contributed by atoms with Crippen LogP contribution in [0.15, 0.2) is 54.6 Å². The lowest BCUT2D eigenvalue weighted by Gasteiger charge is -2.20. The fraction of sp³-hybridized carbons (Fsp3) is 0.300. The molecule has 6 heteroatoms. The van der Waals surface area contributed by atoms with Crippen molar-refractivity contribution in [3.8, 4) is 0 Å². The molecule has 2 aromatic rings. The lowest BCUT2D eigenvalue weighted by molar-refractivity contribution is -0.125. The molecular weight excluding hydrogens is 350 g/mol. The zero-order valence-electron chi connectivity index (χ0n) is 15.3. The van der Waals surface area contributed by atoms with Crippen molar-refractivity contribution in [3.63, 3.8) is 0 Å². The SMILES string of the molecule is CC(C(=O)NCc1ccc(C(=O)N(C)C)cc1)C(N)c1ccccc1.Cl. The van der Waals surface area contributed by atoms with Gasteiger partial charge in [0.1, 0.15) is 0 Å². The van der Waals surface area contributed by atoms with Gasteiger partial charge in [0.2, 0.25) is 5.91 Å². The van der Waals surface area contributed by atoms with Gasteiger partial charge >= 0.3 is 0 Å². The van der Waals surface area contributed by atoms with Crippen LogP contribution >= 0.6 is 12.4 Å². The maximum Gasteiger partial charge on any atom is 0.253 e. The molecule has 2 rings (SSSR count). The summed E-state index contributed by atoms with van der Waals surface area (Å²) >= 11 is 0. The fourth-order valence-electron chi connectivity index (χ4n) is 2.50. The Kier molecular flexibility index (Phi) is 8.29. The molecule has 2 unspecified atom stereocenters. The highest BCUT2D eigenvalue weighted by Crippen LogP contribution is 2.19. The third-order valence-electron chi connectivity index (χ3n) is 4.21. The van der Waals surface area contributed by atoms with Gasteiger partial charge in [0, 0.05) is 32.2 Å². The second-order valence-corrected chi connectivity index (χ2v) is 6.34. The van der Waals surface area contributed by atoms with E-state index in [-0.39, 0.29) is 36.2 Å². The first-order valence-corrected chi connectivity index (χ1v) is 8.29. The number of hydrogen-bond donors (Lipinski definition) is 2. The van der Waals surface area contributed by atoms with Crippen LogP contribution in [-0.4, -0.2) is 30.8 Å². The Morgan fingerprint density at radius 2 is 1.62 bits per heavy atom. The minimum Gasteiger partial charge on any atom is -0.352 e. The molecule has 0 aliphatic heterocycles. The molecule has 3 N–H and O–H groups in total. The molecule has 0 spiro atoms. The summed E-state index contributed by atoms with van der Waals surface area (Å²) < 4.78 is 0. The van der Waals surface area contributed by atoms with E-state index in [0.29, 0.717) is 12.1 Å². The topological polar surface area (TPSA) is 75.4 Å². The van der Waals surface area contributed by atoms with Crippen molar-refractivity contribution in [2.45, 2.75) is 19.5 Å². The van der Waals surface area contributed by atoms with E-state index in [1.54, 1.807) is 26.2 Å². The Labute approximate surface area is 161 Å². The van der Waals surface area contributed by atoms with E-state index in [1.807, 2.05) is 49.4 Å². The molecule has 0 saturated carbocycles. The van der Waals surface area contributed by atoms with E-state index < -0.39 is 0 Å². The van der Waals surface area contributed by atoms with Crippen LogP contribution in [0.3, 0.4) is 0 Å². The van der Waals surface area contributed by atoms with Gasteiger partial charge in [-0.3, -0.25) is 9.59 Å². The average molecular weight is 376 g/mol. The van der Waals surface area contributed by atoms with Crippen LogP contribution in [-0.2, 0) is 11.3 Å². The summed E-state index contributed by atoms with van der Waals surface area (Å²) in [6.07, 6.45) is 0. The zero-order chi connectivity index (χ0) is 18.4. The van der Waals surface area contributed by atoms with Gasteiger partial charge < -0.3 is 16.0 Å². The van der Waals surface area contributed by atoms with Crippen molar-refractivity contribution in [1.29, 1.82) is 0 Å². The largest absolute Gasteiger partial charge is 0.352 e. The van der Waals surface area contributed by atoms with Crippen LogP contribution in [0, 0.1) is 5.92 Å². The van der Waals surface area contributed by atoms with Crippen LogP contribution in [0.25, 0.3) is 0 Å². The molecule has 2 aromatic carbocycles. The Balaban J connectivity index is 0.00000338. The Morgan fingerprint density at radius 1 is 1.04 bits per heavy atom. The lowest BCUT2D eigenvalue weighted by Crippen LogP contribution is -2.35. The van der Waals surface area contributed by atoms with Crippen molar-refractivity contribution in [2.24, 2.45) is 11.7 Å². The number of carbonyl (C=O) groups is 2. The quantitative estimate of drug-likeness (QED) is 0.815. The van der Waals surface area contributed by atoms with Gasteiger partial charge in [0.15, 0.2) is 0 Å². The summed E-state index contributed by atoms with van der Waals surface area (Å²) in [5.74, 6) is -0.472. The summed E-state index contributed by atoms with van der Waals surface area (Å²) in [4.78, 5) is 25.7. The van der Waals surface area contributed by atoms with E-state index in [1.165, 1.54) is 4.90 Å². The van der Waals surface area contributed by atoms with E-state index in [9.17, 15) is 9.59 Å². The Hall–Kier alpha value is -2.37. The smallest absolute Gasteiger partial charge is 0.253 e. The predicted molar refractivity (Wildman–Crippen MR) is 106 cm³/mol. The van der Waals surface area contributed by atoms with Crippen molar-refractivity contribution >= 4 is 24.2 Å². The van der Waals surface area contributed by atoms with Gasteiger partial charge in [-0.25, -0.2) is 0 Å². The minimum atomic E-state index is -0.346. The maximum atomic E-state index is 12.3. The monoisotopic (exact) mass is 375 g/mol. The highest BCUT2D eigenvalue weighted by molar-refractivity contribution is 5.93. The van der Waals surface area contributed by atoms with Crippen molar-refractivity contribution < 1.29 is 9.59 Å². The zero-order valence-corrected chi connectivity index (χ0v) is 16.1. The number of benzene rings is 2. The summed E-state index contributed by atoms with van der Waals surface area (Å²) in [5, 5.41) is 2.91. The molecule has 0 heterocycles. The van der Waals surface area contributed by atoms with Crippen LogP contribution in [0.5, 0.6) is 0 Å². The minimum absolute atomic E-state index is 0. The molecule has 0 saturated heterocycles. The molecule has 0 aliphatic rings. The first-order valence-electron chi connectivity index (χ1n) is 8.29. The molecule has 5 nitrogen and oxygen atoms in total. The second kappa shape index (κ2) is 9.94. The fourth-order valence-corrected chi connectivity index (χ4v) is 2.50. The molecule has 2 atom stereocenters. The van der Waals surface area contributed by atoms with Crippen molar-refractivity contribution in [1.82, 2.24) is 10.2 Å². The molecule has 26 heavy (non-hydrogen) atoms. The van der Waals surface area contributed by atoms with Crippen molar-refractivity contribution in [2.75, 3.05) is 14.1 Å². The Bertz CT molecular complexity index is 718. The molecule has 140 valence electrons. The van der Waals surface area contributed by atoms with Gasteiger partial charge in [-0.1, -0.05) is 49.4 Å². The average Bonchev–Trinajstić information content (AvgIpc) is 2.65. The number of carbonyl (C=O) groups excluding carboxylic acids is 2. The predicted octanol–water partition coefficient (Wildman–Crippen LogP) is 2.76. The molecule has 0 aliphatic carbocycles. The lowest BCUT2D eigenvalue weighted by atomic mass is 9.94. The van der Waals surface area contributed by atoms with Gasteiger partial charge in [0.05, 0.1) is 5.92 Å². The third-order valence-corrected chi connectivity index (χ3v) is 4.21. The summed E-state index contributed by atoms with van der Waals surface area (Å²) in [6, 6.07) is 16.5. The third kappa shape index (κ3) is 5.58. The van der Waals surface area contributed by atoms with Crippen LogP contribution in [0.4, 0.5) is 0 Å². The van der Waals surface area contributed by atoms with E-state index in [2.05, 4.69) is 5.32 Å². The number of amides is 2. The maximum absolute atomic E-state index is 12.3. The van der Waals surface area contributed by atoms with Crippen LogP contribution in [0.1, 0.15) is 34.5 Å². The van der Waals surface area contributed by atoms with E-state index in [0.717, 1.165) is 11.1 Å². The number of rotatable bonds is 6.